The SMILES string of the molecule is C[C@H](NC(=O)c1cc(Br)cc(OC(F)(F)F)c1)c1ncnn1-c1ccc(C#N)cn1. The normalized spacial score (nSPS) is 12.1. The number of hydrogen-bond acceptors (Lipinski definition) is 6. The van der Waals surface area contributed by atoms with Gasteiger partial charge in [-0.15, -0.1) is 13.2 Å². The summed E-state index contributed by atoms with van der Waals surface area (Å²) in [5, 5.41) is 15.6. The highest BCUT2D eigenvalue weighted by Crippen LogP contribution is 2.27. The van der Waals surface area contributed by atoms with E-state index in [1.165, 1.54) is 23.3 Å². The van der Waals surface area contributed by atoms with Gasteiger partial charge in [0.05, 0.1) is 11.6 Å². The molecule has 154 valence electrons. The predicted octanol–water partition coefficient (Wildman–Crippen LogP) is 3.69. The largest absolute Gasteiger partial charge is 0.573 e. The second-order valence-electron chi connectivity index (χ2n) is 5.97. The average Bonchev–Trinajstić information content (AvgIpc) is 3.16. The first-order chi connectivity index (χ1) is 14.2. The van der Waals surface area contributed by atoms with Crippen LogP contribution in [-0.4, -0.2) is 32.0 Å². The molecule has 0 aliphatic rings. The van der Waals surface area contributed by atoms with Gasteiger partial charge in [-0.25, -0.2) is 9.97 Å². The van der Waals surface area contributed by atoms with Crippen molar-refractivity contribution in [1.82, 2.24) is 25.1 Å². The van der Waals surface area contributed by atoms with Crippen LogP contribution < -0.4 is 10.1 Å². The van der Waals surface area contributed by atoms with Gasteiger partial charge >= 0.3 is 6.36 Å². The summed E-state index contributed by atoms with van der Waals surface area (Å²) in [6, 6.07) is 7.85. The number of aromatic nitrogens is 4. The summed E-state index contributed by atoms with van der Waals surface area (Å²) in [6.07, 6.45) is -2.24. The highest BCUT2D eigenvalue weighted by atomic mass is 79.9. The lowest BCUT2D eigenvalue weighted by atomic mass is 10.2. The Labute approximate surface area is 176 Å². The van der Waals surface area contributed by atoms with E-state index in [0.717, 1.165) is 12.1 Å². The third-order valence-corrected chi connectivity index (χ3v) is 4.23. The second kappa shape index (κ2) is 8.50. The van der Waals surface area contributed by atoms with Gasteiger partial charge in [-0.05, 0) is 37.3 Å². The van der Waals surface area contributed by atoms with E-state index in [2.05, 4.69) is 41.1 Å². The summed E-state index contributed by atoms with van der Waals surface area (Å²) in [4.78, 5) is 20.8. The topological polar surface area (TPSA) is 106 Å². The number of nitriles is 1. The smallest absolute Gasteiger partial charge is 0.406 e. The van der Waals surface area contributed by atoms with Crippen molar-refractivity contribution >= 4 is 21.8 Å². The molecule has 1 N–H and O–H groups in total. The zero-order valence-corrected chi connectivity index (χ0v) is 16.8. The van der Waals surface area contributed by atoms with Crippen LogP contribution in [0.3, 0.4) is 0 Å². The first-order valence-corrected chi connectivity index (χ1v) is 9.09. The van der Waals surface area contributed by atoms with Gasteiger partial charge in [0, 0.05) is 16.2 Å². The van der Waals surface area contributed by atoms with Crippen molar-refractivity contribution in [3.05, 3.63) is 64.3 Å². The van der Waals surface area contributed by atoms with Gasteiger partial charge in [0.2, 0.25) is 0 Å². The monoisotopic (exact) mass is 480 g/mol. The van der Waals surface area contributed by atoms with Crippen LogP contribution in [0.1, 0.15) is 34.7 Å². The van der Waals surface area contributed by atoms with Crippen LogP contribution >= 0.6 is 15.9 Å². The molecular weight excluding hydrogens is 469 g/mol. The van der Waals surface area contributed by atoms with Gasteiger partial charge in [0.25, 0.3) is 5.91 Å². The molecule has 0 radical (unpaired) electrons. The molecule has 1 atom stereocenters. The Bertz CT molecular complexity index is 1110. The maximum absolute atomic E-state index is 12.6. The second-order valence-corrected chi connectivity index (χ2v) is 6.88. The van der Waals surface area contributed by atoms with Gasteiger partial charge < -0.3 is 10.1 Å². The number of pyridine rings is 1. The molecule has 0 bridgehead atoms. The molecule has 0 unspecified atom stereocenters. The van der Waals surface area contributed by atoms with Gasteiger partial charge in [-0.1, -0.05) is 15.9 Å². The first-order valence-electron chi connectivity index (χ1n) is 8.30. The molecule has 0 aliphatic carbocycles. The van der Waals surface area contributed by atoms with E-state index < -0.39 is 24.1 Å². The molecule has 3 rings (SSSR count). The Morgan fingerprint density at radius 3 is 2.70 bits per heavy atom. The van der Waals surface area contributed by atoms with Crippen molar-refractivity contribution in [3.63, 3.8) is 0 Å². The fraction of sp³-hybridized carbons (Fsp3) is 0.167. The number of hydrogen-bond donors (Lipinski definition) is 1. The number of rotatable bonds is 5. The molecule has 0 spiro atoms. The Kier molecular flexibility index (Phi) is 6.02. The maximum Gasteiger partial charge on any atom is 0.573 e. The molecule has 0 fully saturated rings. The molecular formula is C18H12BrF3N6O2. The zero-order valence-electron chi connectivity index (χ0n) is 15.2. The lowest BCUT2D eigenvalue weighted by molar-refractivity contribution is -0.274. The molecule has 12 heteroatoms. The van der Waals surface area contributed by atoms with Crippen molar-refractivity contribution in [1.29, 1.82) is 5.26 Å². The Morgan fingerprint density at radius 2 is 2.07 bits per heavy atom. The quantitative estimate of drug-likeness (QED) is 0.596. The number of benzene rings is 1. The fourth-order valence-corrected chi connectivity index (χ4v) is 3.00. The third-order valence-electron chi connectivity index (χ3n) is 3.77. The van der Waals surface area contributed by atoms with E-state index in [1.54, 1.807) is 19.1 Å². The summed E-state index contributed by atoms with van der Waals surface area (Å²) in [5.74, 6) is -0.453. The molecule has 2 heterocycles. The van der Waals surface area contributed by atoms with E-state index >= 15 is 0 Å². The van der Waals surface area contributed by atoms with Gasteiger partial charge in [0.1, 0.15) is 18.1 Å². The molecule has 3 aromatic rings. The molecule has 1 amide bonds. The summed E-state index contributed by atoms with van der Waals surface area (Å²) in [5.41, 5.74) is 0.325. The summed E-state index contributed by atoms with van der Waals surface area (Å²) in [6.45, 7) is 1.63. The van der Waals surface area contributed by atoms with Gasteiger partial charge in [0.15, 0.2) is 11.6 Å². The molecule has 1 aromatic carbocycles. The molecule has 2 aromatic heterocycles. The minimum Gasteiger partial charge on any atom is -0.406 e. The molecule has 0 aliphatic heterocycles. The number of nitrogens with zero attached hydrogens (tertiary/aromatic N) is 5. The molecule has 30 heavy (non-hydrogen) atoms. The number of carbonyl (C=O) groups excluding carboxylic acids is 1. The van der Waals surface area contributed by atoms with Crippen LogP contribution in [0, 0.1) is 11.3 Å². The average molecular weight is 481 g/mol. The number of alkyl halides is 3. The zero-order chi connectivity index (χ0) is 21.9. The molecule has 0 saturated heterocycles. The number of amides is 1. The van der Waals surface area contributed by atoms with E-state index in [1.807, 2.05) is 6.07 Å². The highest BCUT2D eigenvalue weighted by molar-refractivity contribution is 9.10. The standard InChI is InChI=1S/C18H12BrF3N6O2/c1-10(16-25-9-26-28(16)15-3-2-11(7-23)8-24-15)27-17(29)12-4-13(19)6-14(5-12)30-18(20,21)22/h2-6,8-10H,1H3,(H,27,29)/t10-/m0/s1. The number of ether oxygens (including phenoxy) is 1. The molecule has 8 nitrogen and oxygen atoms in total. The Balaban J connectivity index is 1.80. The van der Waals surface area contributed by atoms with Crippen LogP contribution in [-0.2, 0) is 0 Å². The molecule has 0 saturated carbocycles. The van der Waals surface area contributed by atoms with Crippen molar-refractivity contribution < 1.29 is 22.7 Å². The Hall–Kier alpha value is -3.46. The van der Waals surface area contributed by atoms with Gasteiger partial charge in [-0.2, -0.15) is 15.0 Å². The minimum atomic E-state index is -4.88. The summed E-state index contributed by atoms with van der Waals surface area (Å²) < 4.78 is 42.9. The maximum atomic E-state index is 12.6. The van der Waals surface area contributed by atoms with Crippen molar-refractivity contribution in [2.24, 2.45) is 0 Å². The third kappa shape index (κ3) is 5.12. The van der Waals surface area contributed by atoms with Crippen LogP contribution in [0.15, 0.2) is 47.3 Å². The Morgan fingerprint density at radius 1 is 1.30 bits per heavy atom. The van der Waals surface area contributed by atoms with E-state index in [4.69, 9.17) is 5.26 Å². The van der Waals surface area contributed by atoms with Crippen molar-refractivity contribution in [2.45, 2.75) is 19.3 Å². The van der Waals surface area contributed by atoms with Crippen LogP contribution in [0.2, 0.25) is 0 Å². The van der Waals surface area contributed by atoms with Gasteiger partial charge in [-0.3, -0.25) is 4.79 Å². The highest BCUT2D eigenvalue weighted by Gasteiger charge is 2.31. The number of halogens is 4. The van der Waals surface area contributed by atoms with Crippen LogP contribution in [0.25, 0.3) is 5.82 Å². The number of nitrogens with one attached hydrogen (secondary N) is 1. The summed E-state index contributed by atoms with van der Waals surface area (Å²) >= 11 is 3.06. The van der Waals surface area contributed by atoms with E-state index in [0.29, 0.717) is 17.2 Å². The number of carbonyl (C=O) groups is 1. The lowest BCUT2D eigenvalue weighted by Gasteiger charge is -2.15. The summed E-state index contributed by atoms with van der Waals surface area (Å²) in [7, 11) is 0. The van der Waals surface area contributed by atoms with E-state index in [-0.39, 0.29) is 10.0 Å². The van der Waals surface area contributed by atoms with Crippen LogP contribution in [0.4, 0.5) is 13.2 Å². The van der Waals surface area contributed by atoms with E-state index in [9.17, 15) is 18.0 Å². The first kappa shape index (κ1) is 21.3. The predicted molar refractivity (Wildman–Crippen MR) is 101 cm³/mol. The lowest BCUT2D eigenvalue weighted by Crippen LogP contribution is -2.29. The minimum absolute atomic E-state index is 0.0435. The van der Waals surface area contributed by atoms with Crippen molar-refractivity contribution in [2.75, 3.05) is 0 Å². The van der Waals surface area contributed by atoms with Crippen LogP contribution in [0.5, 0.6) is 5.75 Å². The fourth-order valence-electron chi connectivity index (χ4n) is 2.53. The van der Waals surface area contributed by atoms with Crippen molar-refractivity contribution in [3.8, 4) is 17.6 Å².